The fourth-order valence-electron chi connectivity index (χ4n) is 5.98. The Bertz CT molecular complexity index is 1900. The van der Waals surface area contributed by atoms with Crippen LogP contribution < -0.4 is 5.32 Å². The number of hydrogen-bond donors (Lipinski definition) is 2. The number of nitrogens with zero attached hydrogens (tertiary/aromatic N) is 6. The van der Waals surface area contributed by atoms with Gasteiger partial charge in [0, 0.05) is 22.7 Å². The molecule has 1 saturated carbocycles. The molecule has 2 aliphatic rings. The van der Waals surface area contributed by atoms with Crippen molar-refractivity contribution in [2.45, 2.75) is 17.8 Å². The van der Waals surface area contributed by atoms with Gasteiger partial charge in [0.1, 0.15) is 12.7 Å². The third-order valence-electron chi connectivity index (χ3n) is 8.20. The van der Waals surface area contributed by atoms with E-state index in [2.05, 4.69) is 78.5 Å². The van der Waals surface area contributed by atoms with E-state index >= 15 is 0 Å². The third-order valence-corrected chi connectivity index (χ3v) is 8.51. The van der Waals surface area contributed by atoms with Crippen LogP contribution in [0.4, 0.5) is 5.69 Å². The molecular formula is C31H21ClN8O. The van der Waals surface area contributed by atoms with Gasteiger partial charge in [0.05, 0.1) is 16.1 Å². The highest BCUT2D eigenvalue weighted by atomic mass is 35.5. The number of nitrogens with one attached hydrogen (secondary N) is 2. The molecule has 0 radical (unpaired) electrons. The molecule has 2 atom stereocenters. The lowest BCUT2D eigenvalue weighted by atomic mass is 9.89. The zero-order valence-corrected chi connectivity index (χ0v) is 22.2. The molecule has 1 spiro atoms. The van der Waals surface area contributed by atoms with Crippen LogP contribution in [0.3, 0.4) is 0 Å². The Balaban J connectivity index is 1.08. The lowest BCUT2D eigenvalue weighted by molar-refractivity contribution is -0.118. The minimum Gasteiger partial charge on any atom is -0.325 e. The lowest BCUT2D eigenvalue weighted by Crippen LogP contribution is -2.21. The predicted molar refractivity (Wildman–Crippen MR) is 155 cm³/mol. The van der Waals surface area contributed by atoms with Crippen LogP contribution in [-0.4, -0.2) is 41.3 Å². The van der Waals surface area contributed by atoms with E-state index in [9.17, 15) is 4.79 Å². The number of tetrazole rings is 1. The van der Waals surface area contributed by atoms with Crippen molar-refractivity contribution < 1.29 is 4.79 Å². The number of carbonyl (C=O) groups excluding carboxylic acids is 1. The highest BCUT2D eigenvalue weighted by molar-refractivity contribution is 6.34. The van der Waals surface area contributed by atoms with Gasteiger partial charge in [-0.1, -0.05) is 72.3 Å². The first kappa shape index (κ1) is 23.7. The largest absolute Gasteiger partial charge is 0.325 e. The van der Waals surface area contributed by atoms with Crippen LogP contribution in [0.2, 0.25) is 5.02 Å². The quantitative estimate of drug-likeness (QED) is 0.277. The Hall–Kier alpha value is -5.15. The number of fused-ring (bicyclic) bond motifs is 2. The van der Waals surface area contributed by atoms with Crippen molar-refractivity contribution in [3.8, 4) is 39.3 Å². The number of amides is 1. The maximum atomic E-state index is 13.3. The second-order valence-electron chi connectivity index (χ2n) is 10.4. The summed E-state index contributed by atoms with van der Waals surface area (Å²) in [6.45, 7) is 0. The Kier molecular flexibility index (Phi) is 5.17. The van der Waals surface area contributed by atoms with E-state index in [4.69, 9.17) is 11.6 Å². The number of aromatic amines is 1. The van der Waals surface area contributed by atoms with Gasteiger partial charge < -0.3 is 5.32 Å². The molecule has 41 heavy (non-hydrogen) atoms. The van der Waals surface area contributed by atoms with Gasteiger partial charge in [0.25, 0.3) is 0 Å². The fraction of sp³-hybridized carbons (Fsp3) is 0.0968. The average Bonchev–Trinajstić information content (AvgIpc) is 3.39. The maximum Gasteiger partial charge on any atom is 0.235 e. The first-order valence-corrected chi connectivity index (χ1v) is 13.5. The summed E-state index contributed by atoms with van der Waals surface area (Å²) < 4.78 is 1.73. The number of rotatable bonds is 5. The van der Waals surface area contributed by atoms with Gasteiger partial charge in [-0.2, -0.15) is 10.3 Å². The SMILES string of the molecule is O=C1Nc2cc(Cl)c(-c3ccc(-c4ccc(-n5cncn5)cc4)cc3)cc2C12CC2c1ccc(-c2nn[nH]n2)cc1. The predicted octanol–water partition coefficient (Wildman–Crippen LogP) is 5.81. The van der Waals surface area contributed by atoms with Crippen LogP contribution in [0.25, 0.3) is 39.3 Å². The molecule has 0 bridgehead atoms. The summed E-state index contributed by atoms with van der Waals surface area (Å²) in [7, 11) is 0. The number of anilines is 1. The Labute approximate surface area is 239 Å². The van der Waals surface area contributed by atoms with Crippen molar-refractivity contribution >= 4 is 23.2 Å². The first-order chi connectivity index (χ1) is 20.1. The van der Waals surface area contributed by atoms with E-state index in [1.807, 2.05) is 42.5 Å². The molecule has 6 aromatic rings. The number of halogens is 1. The first-order valence-electron chi connectivity index (χ1n) is 13.2. The van der Waals surface area contributed by atoms with Gasteiger partial charge in [-0.05, 0) is 63.7 Å². The van der Waals surface area contributed by atoms with E-state index in [-0.39, 0.29) is 11.8 Å². The van der Waals surface area contributed by atoms with Gasteiger partial charge in [-0.15, -0.1) is 10.2 Å². The zero-order chi connectivity index (χ0) is 27.6. The third kappa shape index (κ3) is 3.77. The van der Waals surface area contributed by atoms with Crippen molar-refractivity contribution in [3.63, 3.8) is 0 Å². The topological polar surface area (TPSA) is 114 Å². The fourth-order valence-corrected chi connectivity index (χ4v) is 6.25. The van der Waals surface area contributed by atoms with Crippen LogP contribution in [0.15, 0.2) is 97.6 Å². The molecule has 2 N–H and O–H groups in total. The van der Waals surface area contributed by atoms with Crippen molar-refractivity contribution in [3.05, 3.63) is 114 Å². The minimum absolute atomic E-state index is 0.0256. The number of carbonyl (C=O) groups is 1. The van der Waals surface area contributed by atoms with Crippen LogP contribution in [-0.2, 0) is 10.2 Å². The second kappa shape index (κ2) is 8.94. The molecule has 8 rings (SSSR count). The Morgan fingerprint density at radius 1 is 0.878 bits per heavy atom. The van der Waals surface area contributed by atoms with Gasteiger partial charge in [0.15, 0.2) is 0 Å². The van der Waals surface area contributed by atoms with Crippen LogP contribution in [0.5, 0.6) is 0 Å². The molecule has 1 fully saturated rings. The summed E-state index contributed by atoms with van der Waals surface area (Å²) in [5, 5.41) is 22.1. The van der Waals surface area contributed by atoms with Crippen LogP contribution >= 0.6 is 11.6 Å². The lowest BCUT2D eigenvalue weighted by Gasteiger charge is -2.13. The van der Waals surface area contributed by atoms with Gasteiger partial charge >= 0.3 is 0 Å². The van der Waals surface area contributed by atoms with E-state index in [0.717, 1.165) is 56.7 Å². The number of aromatic nitrogens is 7. The molecule has 2 aromatic heterocycles. The molecule has 2 unspecified atom stereocenters. The molecule has 10 heteroatoms. The van der Waals surface area contributed by atoms with Crippen molar-refractivity contribution in [2.75, 3.05) is 5.32 Å². The van der Waals surface area contributed by atoms with E-state index < -0.39 is 5.41 Å². The smallest absolute Gasteiger partial charge is 0.235 e. The van der Waals surface area contributed by atoms with Crippen LogP contribution in [0.1, 0.15) is 23.5 Å². The molecule has 9 nitrogen and oxygen atoms in total. The molecular weight excluding hydrogens is 536 g/mol. The molecule has 1 aliphatic heterocycles. The number of benzene rings is 4. The van der Waals surface area contributed by atoms with E-state index in [1.165, 1.54) is 6.33 Å². The van der Waals surface area contributed by atoms with Crippen molar-refractivity contribution in [1.82, 2.24) is 35.4 Å². The standard InChI is InChI=1S/C31H21ClN8O/c32-27-14-28-25(31(30(41)35-28)15-26(31)21-5-7-22(8-6-21)29-36-38-39-37-29)13-24(27)20-3-1-18(2-4-20)19-9-11-23(12-10-19)40-17-33-16-34-40/h1-14,16-17,26H,15H2,(H,35,41)(H,36,37,38,39). The minimum atomic E-state index is -0.589. The molecule has 198 valence electrons. The zero-order valence-electron chi connectivity index (χ0n) is 21.5. The second-order valence-corrected chi connectivity index (χ2v) is 10.8. The molecule has 3 heterocycles. The van der Waals surface area contributed by atoms with Gasteiger partial charge in [-0.25, -0.2) is 9.67 Å². The van der Waals surface area contributed by atoms with E-state index in [1.54, 1.807) is 11.0 Å². The molecule has 1 aliphatic carbocycles. The van der Waals surface area contributed by atoms with E-state index in [0.29, 0.717) is 10.8 Å². The highest BCUT2D eigenvalue weighted by Crippen LogP contribution is 2.65. The number of hydrogen-bond acceptors (Lipinski definition) is 6. The molecule has 4 aromatic carbocycles. The van der Waals surface area contributed by atoms with Gasteiger partial charge in [-0.3, -0.25) is 4.79 Å². The maximum absolute atomic E-state index is 13.3. The molecule has 0 saturated heterocycles. The number of H-pyrrole nitrogens is 1. The summed E-state index contributed by atoms with van der Waals surface area (Å²) in [6.07, 6.45) is 3.94. The average molecular weight is 557 g/mol. The Morgan fingerprint density at radius 3 is 2.27 bits per heavy atom. The van der Waals surface area contributed by atoms with Crippen LogP contribution in [0, 0.1) is 0 Å². The summed E-state index contributed by atoms with van der Waals surface area (Å²) >= 11 is 6.76. The summed E-state index contributed by atoms with van der Waals surface area (Å²) in [4.78, 5) is 17.3. The summed E-state index contributed by atoms with van der Waals surface area (Å²) in [5.41, 5.74) is 8.23. The summed E-state index contributed by atoms with van der Waals surface area (Å²) in [6, 6.07) is 28.5. The van der Waals surface area contributed by atoms with Gasteiger partial charge in [0.2, 0.25) is 11.7 Å². The van der Waals surface area contributed by atoms with Crippen molar-refractivity contribution in [2.24, 2.45) is 0 Å². The Morgan fingerprint density at radius 2 is 1.59 bits per heavy atom. The van der Waals surface area contributed by atoms with Crippen molar-refractivity contribution in [1.29, 1.82) is 0 Å². The normalized spacial score (nSPS) is 18.9. The molecule has 1 amide bonds. The highest BCUT2D eigenvalue weighted by Gasteiger charge is 2.65. The monoisotopic (exact) mass is 556 g/mol. The summed E-state index contributed by atoms with van der Waals surface area (Å²) in [5.74, 6) is 0.651.